The summed E-state index contributed by atoms with van der Waals surface area (Å²) < 4.78 is 5.79. The van der Waals surface area contributed by atoms with Crippen LogP contribution in [0.1, 0.15) is 23.7 Å². The Balaban J connectivity index is 1.50. The van der Waals surface area contributed by atoms with E-state index in [2.05, 4.69) is 30.3 Å². The van der Waals surface area contributed by atoms with E-state index >= 15 is 0 Å². The number of thioether (sulfide) groups is 1. The van der Waals surface area contributed by atoms with E-state index in [1.165, 1.54) is 10.5 Å². The molecule has 2 aromatic rings. The van der Waals surface area contributed by atoms with E-state index in [1.54, 1.807) is 11.8 Å². The summed E-state index contributed by atoms with van der Waals surface area (Å²) in [6, 6.07) is 16.4. The molecule has 0 saturated carbocycles. The molecule has 104 valence electrons. The summed E-state index contributed by atoms with van der Waals surface area (Å²) >= 11 is 1.80. The van der Waals surface area contributed by atoms with E-state index in [1.807, 2.05) is 18.2 Å². The van der Waals surface area contributed by atoms with Crippen LogP contribution in [0.2, 0.25) is 0 Å². The molecule has 0 aliphatic heterocycles. The highest BCUT2D eigenvalue weighted by Crippen LogP contribution is 2.33. The Morgan fingerprint density at radius 1 is 1.15 bits per heavy atom. The lowest BCUT2D eigenvalue weighted by Crippen LogP contribution is -2.00. The second kappa shape index (κ2) is 6.33. The lowest BCUT2D eigenvalue weighted by atomic mass is 10.1. The molecule has 0 aromatic heterocycles. The Morgan fingerprint density at radius 3 is 2.85 bits per heavy atom. The van der Waals surface area contributed by atoms with Gasteiger partial charge in [0.25, 0.3) is 0 Å². The highest BCUT2D eigenvalue weighted by Gasteiger charge is 2.20. The molecule has 1 N–H and O–H groups in total. The zero-order chi connectivity index (χ0) is 13.8. The van der Waals surface area contributed by atoms with Crippen molar-refractivity contribution in [2.75, 3.05) is 12.4 Å². The summed E-state index contributed by atoms with van der Waals surface area (Å²) in [6.45, 7) is 0.695. The number of aryl methyl sites for hydroxylation is 1. The normalized spacial score (nSPS) is 16.9. The number of fused-ring (bicyclic) bond motifs is 1. The molecule has 2 aromatic carbocycles. The number of rotatable bonds is 5. The van der Waals surface area contributed by atoms with E-state index in [-0.39, 0.29) is 6.10 Å². The zero-order valence-corrected chi connectivity index (χ0v) is 12.1. The number of hydrogen-bond donors (Lipinski definition) is 1. The number of aliphatic hydroxyl groups excluding tert-OH is 1. The quantitative estimate of drug-likeness (QED) is 0.669. The first kappa shape index (κ1) is 13.5. The molecule has 1 aliphatic carbocycles. The van der Waals surface area contributed by atoms with Crippen LogP contribution in [-0.2, 0) is 6.42 Å². The van der Waals surface area contributed by atoms with Crippen molar-refractivity contribution in [3.63, 3.8) is 0 Å². The van der Waals surface area contributed by atoms with Gasteiger partial charge >= 0.3 is 0 Å². The van der Waals surface area contributed by atoms with Gasteiger partial charge in [0.05, 0.1) is 12.7 Å². The van der Waals surface area contributed by atoms with Crippen LogP contribution in [0.5, 0.6) is 5.75 Å². The van der Waals surface area contributed by atoms with Crippen LogP contribution in [0.3, 0.4) is 0 Å². The maximum atomic E-state index is 9.77. The third-order valence-corrected chi connectivity index (χ3v) is 4.50. The van der Waals surface area contributed by atoms with Crippen molar-refractivity contribution < 1.29 is 9.84 Å². The highest BCUT2D eigenvalue weighted by atomic mass is 32.2. The number of ether oxygens (including phenoxy) is 1. The molecule has 0 bridgehead atoms. The minimum Gasteiger partial charge on any atom is -0.493 e. The fourth-order valence-electron chi connectivity index (χ4n) is 2.50. The van der Waals surface area contributed by atoms with Gasteiger partial charge in [-0.2, -0.15) is 0 Å². The van der Waals surface area contributed by atoms with Crippen molar-refractivity contribution in [2.24, 2.45) is 0 Å². The van der Waals surface area contributed by atoms with Crippen molar-refractivity contribution in [1.82, 2.24) is 0 Å². The van der Waals surface area contributed by atoms with Crippen LogP contribution in [0.15, 0.2) is 53.4 Å². The fourth-order valence-corrected chi connectivity index (χ4v) is 3.25. The Bertz CT molecular complexity index is 568. The SMILES string of the molecule is O[C@@H]1CCc2cc(OCCSc3ccccc3)ccc21. The molecule has 0 saturated heterocycles. The minimum atomic E-state index is -0.285. The van der Waals surface area contributed by atoms with E-state index in [4.69, 9.17) is 4.74 Å². The molecular weight excluding hydrogens is 268 g/mol. The summed E-state index contributed by atoms with van der Waals surface area (Å²) in [6.07, 6.45) is 1.50. The zero-order valence-electron chi connectivity index (χ0n) is 11.3. The van der Waals surface area contributed by atoms with Crippen molar-refractivity contribution in [2.45, 2.75) is 23.8 Å². The summed E-state index contributed by atoms with van der Waals surface area (Å²) in [5.74, 6) is 1.84. The van der Waals surface area contributed by atoms with Crippen LogP contribution in [0.4, 0.5) is 0 Å². The molecule has 0 radical (unpaired) electrons. The van der Waals surface area contributed by atoms with Crippen LogP contribution < -0.4 is 4.74 Å². The Hall–Kier alpha value is -1.45. The fraction of sp³-hybridized carbons (Fsp3) is 0.294. The number of aliphatic hydroxyl groups is 1. The second-order valence-electron chi connectivity index (χ2n) is 4.93. The first-order valence-electron chi connectivity index (χ1n) is 6.94. The Labute approximate surface area is 123 Å². The molecule has 0 fully saturated rings. The van der Waals surface area contributed by atoms with Crippen LogP contribution in [0, 0.1) is 0 Å². The van der Waals surface area contributed by atoms with Crippen molar-refractivity contribution in [3.8, 4) is 5.75 Å². The lowest BCUT2D eigenvalue weighted by molar-refractivity contribution is 0.180. The molecular formula is C17H18O2S. The van der Waals surface area contributed by atoms with Crippen LogP contribution in [-0.4, -0.2) is 17.5 Å². The highest BCUT2D eigenvalue weighted by molar-refractivity contribution is 7.99. The van der Waals surface area contributed by atoms with Crippen molar-refractivity contribution in [1.29, 1.82) is 0 Å². The van der Waals surface area contributed by atoms with Gasteiger partial charge in [0.15, 0.2) is 0 Å². The van der Waals surface area contributed by atoms with Crippen molar-refractivity contribution in [3.05, 3.63) is 59.7 Å². The molecule has 0 unspecified atom stereocenters. The van der Waals surface area contributed by atoms with Gasteiger partial charge in [0.1, 0.15) is 5.75 Å². The molecule has 2 nitrogen and oxygen atoms in total. The smallest absolute Gasteiger partial charge is 0.119 e. The maximum absolute atomic E-state index is 9.77. The van der Waals surface area contributed by atoms with Crippen LogP contribution >= 0.6 is 11.8 Å². The van der Waals surface area contributed by atoms with E-state index in [0.29, 0.717) is 6.61 Å². The number of benzene rings is 2. The van der Waals surface area contributed by atoms with Crippen LogP contribution in [0.25, 0.3) is 0 Å². The van der Waals surface area contributed by atoms with Gasteiger partial charge in [-0.15, -0.1) is 11.8 Å². The first-order valence-corrected chi connectivity index (χ1v) is 7.93. The Kier molecular flexibility index (Phi) is 4.28. The standard InChI is InChI=1S/C17H18O2S/c18-17-9-6-13-12-14(7-8-16(13)17)19-10-11-20-15-4-2-1-3-5-15/h1-5,7-8,12,17-18H,6,9-11H2/t17-/m1/s1. The second-order valence-corrected chi connectivity index (χ2v) is 6.09. The van der Waals surface area contributed by atoms with Gasteiger partial charge in [0.2, 0.25) is 0 Å². The molecule has 3 heteroatoms. The third kappa shape index (κ3) is 3.17. The van der Waals surface area contributed by atoms with Gasteiger partial charge in [-0.25, -0.2) is 0 Å². The molecule has 0 spiro atoms. The largest absolute Gasteiger partial charge is 0.493 e. The summed E-state index contributed by atoms with van der Waals surface area (Å²) in [5, 5.41) is 9.77. The topological polar surface area (TPSA) is 29.5 Å². The summed E-state index contributed by atoms with van der Waals surface area (Å²) in [4.78, 5) is 1.27. The Morgan fingerprint density at radius 2 is 2.00 bits per heavy atom. The van der Waals surface area contributed by atoms with Gasteiger partial charge in [-0.3, -0.25) is 0 Å². The van der Waals surface area contributed by atoms with E-state index in [0.717, 1.165) is 29.9 Å². The molecule has 3 rings (SSSR count). The van der Waals surface area contributed by atoms with Gasteiger partial charge in [-0.1, -0.05) is 24.3 Å². The van der Waals surface area contributed by atoms with E-state index < -0.39 is 0 Å². The molecule has 1 aliphatic rings. The minimum absolute atomic E-state index is 0.285. The number of hydrogen-bond acceptors (Lipinski definition) is 3. The van der Waals surface area contributed by atoms with Gasteiger partial charge in [0, 0.05) is 10.6 Å². The average Bonchev–Trinajstić information content (AvgIpc) is 2.86. The predicted octanol–water partition coefficient (Wildman–Crippen LogP) is 3.84. The molecule has 0 amide bonds. The molecule has 20 heavy (non-hydrogen) atoms. The molecule has 1 atom stereocenters. The predicted molar refractivity (Wildman–Crippen MR) is 82.4 cm³/mol. The van der Waals surface area contributed by atoms with Crippen molar-refractivity contribution >= 4 is 11.8 Å². The maximum Gasteiger partial charge on any atom is 0.119 e. The molecule has 0 heterocycles. The summed E-state index contributed by atoms with van der Waals surface area (Å²) in [5.41, 5.74) is 2.29. The van der Waals surface area contributed by atoms with Gasteiger partial charge in [-0.05, 0) is 48.2 Å². The summed E-state index contributed by atoms with van der Waals surface area (Å²) in [7, 11) is 0. The first-order chi connectivity index (χ1) is 9.83. The van der Waals surface area contributed by atoms with E-state index in [9.17, 15) is 5.11 Å². The van der Waals surface area contributed by atoms with Gasteiger partial charge < -0.3 is 9.84 Å². The lowest BCUT2D eigenvalue weighted by Gasteiger charge is -2.09. The third-order valence-electron chi connectivity index (χ3n) is 3.52. The average molecular weight is 286 g/mol. The monoisotopic (exact) mass is 286 g/mol.